The van der Waals surface area contributed by atoms with Gasteiger partial charge in [0, 0.05) is 23.9 Å². The molecule has 1 aliphatic rings. The number of benzene rings is 1. The summed E-state index contributed by atoms with van der Waals surface area (Å²) in [6.45, 7) is 0. The first-order valence-corrected chi connectivity index (χ1v) is 8.37. The Labute approximate surface area is 138 Å². The van der Waals surface area contributed by atoms with E-state index in [0.717, 1.165) is 16.3 Å². The van der Waals surface area contributed by atoms with Gasteiger partial charge in [-0.3, -0.25) is 9.69 Å². The Balaban J connectivity index is 2.02. The summed E-state index contributed by atoms with van der Waals surface area (Å²) in [5, 5.41) is 0.762. The summed E-state index contributed by atoms with van der Waals surface area (Å²) in [5.74, 6) is -0.628. The number of hydrogen-bond donors (Lipinski definition) is 0. The van der Waals surface area contributed by atoms with E-state index >= 15 is 0 Å². The van der Waals surface area contributed by atoms with E-state index in [2.05, 4.69) is 4.98 Å². The van der Waals surface area contributed by atoms with Gasteiger partial charge < -0.3 is 4.74 Å². The molecule has 0 saturated heterocycles. The van der Waals surface area contributed by atoms with Gasteiger partial charge in [0.2, 0.25) is 0 Å². The number of carbonyl (C=O) groups is 2. The Morgan fingerprint density at radius 1 is 1.30 bits per heavy atom. The molecule has 0 bridgehead atoms. The van der Waals surface area contributed by atoms with Crippen LogP contribution in [0.4, 0.5) is 5.69 Å². The maximum absolute atomic E-state index is 13.0. The largest absolute Gasteiger partial charge is 0.467 e. The highest BCUT2D eigenvalue weighted by molar-refractivity contribution is 7.98. The lowest BCUT2D eigenvalue weighted by molar-refractivity contribution is -0.141. The molecule has 6 heteroatoms. The van der Waals surface area contributed by atoms with Crippen LogP contribution in [0.2, 0.25) is 0 Å². The van der Waals surface area contributed by atoms with Crippen molar-refractivity contribution in [2.24, 2.45) is 0 Å². The molecular weight excluding hydrogens is 312 g/mol. The minimum absolute atomic E-state index is 0.219. The molecule has 1 amide bonds. The molecule has 5 nitrogen and oxygen atoms in total. The highest BCUT2D eigenvalue weighted by atomic mass is 32.2. The maximum atomic E-state index is 13.0. The van der Waals surface area contributed by atoms with E-state index in [1.54, 1.807) is 18.3 Å². The maximum Gasteiger partial charge on any atom is 0.329 e. The second kappa shape index (κ2) is 6.42. The lowest BCUT2D eigenvalue weighted by atomic mass is 10.1. The fourth-order valence-corrected chi connectivity index (χ4v) is 3.17. The third kappa shape index (κ3) is 2.82. The van der Waals surface area contributed by atoms with E-state index in [0.29, 0.717) is 12.0 Å². The second-order valence-electron chi connectivity index (χ2n) is 5.13. The Bertz CT molecular complexity index is 763. The minimum atomic E-state index is -0.629. The number of ether oxygens (including phenoxy) is 1. The molecule has 1 aliphatic heterocycles. The zero-order chi connectivity index (χ0) is 16.4. The average molecular weight is 328 g/mol. The molecule has 0 spiro atoms. The van der Waals surface area contributed by atoms with Gasteiger partial charge in [0.05, 0.1) is 12.1 Å². The van der Waals surface area contributed by atoms with Crippen LogP contribution in [0, 0.1) is 0 Å². The second-order valence-corrected chi connectivity index (χ2v) is 5.96. The van der Waals surface area contributed by atoms with Crippen LogP contribution in [-0.4, -0.2) is 36.3 Å². The monoisotopic (exact) mass is 328 g/mol. The van der Waals surface area contributed by atoms with Crippen molar-refractivity contribution in [2.45, 2.75) is 17.5 Å². The molecular formula is C17H16N2O3S. The first kappa shape index (κ1) is 15.6. The third-order valence-electron chi connectivity index (χ3n) is 3.86. The van der Waals surface area contributed by atoms with Crippen LogP contribution < -0.4 is 4.90 Å². The zero-order valence-corrected chi connectivity index (χ0v) is 13.7. The number of carbonyl (C=O) groups excluding carboxylic acids is 2. The number of hydrogen-bond acceptors (Lipinski definition) is 5. The first-order valence-electron chi connectivity index (χ1n) is 7.15. The summed E-state index contributed by atoms with van der Waals surface area (Å²) in [6.07, 6.45) is 3.97. The molecule has 1 aromatic carbocycles. The number of amides is 1. The molecule has 0 aliphatic carbocycles. The van der Waals surface area contributed by atoms with Crippen LogP contribution in [-0.2, 0) is 16.0 Å². The standard InChI is InChI=1S/C17H16N2O3S/c1-22-17(21)14-9-11-5-3-4-6-13(11)19(14)16(20)12-7-8-18-15(10-12)23-2/h3-8,10,14H,9H2,1-2H3. The van der Waals surface area contributed by atoms with Gasteiger partial charge in [-0.2, -0.15) is 0 Å². The first-order chi connectivity index (χ1) is 11.2. The number of esters is 1. The fourth-order valence-electron chi connectivity index (χ4n) is 2.75. The summed E-state index contributed by atoms with van der Waals surface area (Å²) >= 11 is 1.47. The number of thioether (sulfide) groups is 1. The van der Waals surface area contributed by atoms with Crippen LogP contribution >= 0.6 is 11.8 Å². The summed E-state index contributed by atoms with van der Waals surface area (Å²) in [6, 6.07) is 10.3. The van der Waals surface area contributed by atoms with Crippen LogP contribution in [0.1, 0.15) is 15.9 Å². The van der Waals surface area contributed by atoms with Crippen molar-refractivity contribution in [1.29, 1.82) is 0 Å². The van der Waals surface area contributed by atoms with Crippen molar-refractivity contribution in [2.75, 3.05) is 18.3 Å². The number of fused-ring (bicyclic) bond motifs is 1. The number of aromatic nitrogens is 1. The van der Waals surface area contributed by atoms with Gasteiger partial charge in [0.25, 0.3) is 5.91 Å². The van der Waals surface area contributed by atoms with Crippen LogP contribution in [0.5, 0.6) is 0 Å². The molecule has 1 atom stereocenters. The molecule has 1 unspecified atom stereocenters. The van der Waals surface area contributed by atoms with Crippen LogP contribution in [0.15, 0.2) is 47.6 Å². The molecule has 2 aromatic rings. The van der Waals surface area contributed by atoms with E-state index in [9.17, 15) is 9.59 Å². The van der Waals surface area contributed by atoms with Gasteiger partial charge in [-0.05, 0) is 30.0 Å². The lowest BCUT2D eigenvalue weighted by Crippen LogP contribution is -2.43. The van der Waals surface area contributed by atoms with E-state index in [1.165, 1.54) is 23.8 Å². The van der Waals surface area contributed by atoms with Crippen molar-refractivity contribution >= 4 is 29.3 Å². The molecule has 118 valence electrons. The zero-order valence-electron chi connectivity index (χ0n) is 12.9. The van der Waals surface area contributed by atoms with E-state index in [1.807, 2.05) is 30.5 Å². The summed E-state index contributed by atoms with van der Waals surface area (Å²) < 4.78 is 4.88. The summed E-state index contributed by atoms with van der Waals surface area (Å²) in [5.41, 5.74) is 2.24. The lowest BCUT2D eigenvalue weighted by Gasteiger charge is -2.23. The Morgan fingerprint density at radius 3 is 2.83 bits per heavy atom. The number of methoxy groups -OCH3 is 1. The number of nitrogens with zero attached hydrogens (tertiary/aromatic N) is 2. The number of para-hydroxylation sites is 1. The number of rotatable bonds is 3. The molecule has 3 rings (SSSR count). The molecule has 0 fully saturated rings. The highest BCUT2D eigenvalue weighted by Gasteiger charge is 2.39. The van der Waals surface area contributed by atoms with Gasteiger partial charge in [0.15, 0.2) is 0 Å². The molecule has 0 saturated carbocycles. The Hall–Kier alpha value is -2.34. The molecule has 2 heterocycles. The number of pyridine rings is 1. The Kier molecular flexibility index (Phi) is 4.34. The fraction of sp³-hybridized carbons (Fsp3) is 0.235. The predicted octanol–water partition coefficient (Wildman–Crippen LogP) is 2.55. The van der Waals surface area contributed by atoms with Gasteiger partial charge in [-0.25, -0.2) is 9.78 Å². The highest BCUT2D eigenvalue weighted by Crippen LogP contribution is 2.34. The molecule has 0 N–H and O–H groups in total. The molecule has 0 radical (unpaired) electrons. The van der Waals surface area contributed by atoms with Crippen molar-refractivity contribution < 1.29 is 14.3 Å². The normalized spacial score (nSPS) is 16.1. The number of anilines is 1. The molecule has 23 heavy (non-hydrogen) atoms. The topological polar surface area (TPSA) is 59.5 Å². The van der Waals surface area contributed by atoms with Crippen molar-refractivity contribution in [3.63, 3.8) is 0 Å². The Morgan fingerprint density at radius 2 is 2.09 bits per heavy atom. The van der Waals surface area contributed by atoms with Gasteiger partial charge in [-0.15, -0.1) is 11.8 Å². The third-order valence-corrected chi connectivity index (χ3v) is 4.50. The van der Waals surface area contributed by atoms with E-state index in [4.69, 9.17) is 4.74 Å². The van der Waals surface area contributed by atoms with E-state index < -0.39 is 12.0 Å². The minimum Gasteiger partial charge on any atom is -0.467 e. The van der Waals surface area contributed by atoms with Crippen LogP contribution in [0.25, 0.3) is 0 Å². The summed E-state index contributed by atoms with van der Waals surface area (Å²) in [7, 11) is 1.34. The quantitative estimate of drug-likeness (QED) is 0.640. The van der Waals surface area contributed by atoms with E-state index in [-0.39, 0.29) is 5.91 Å². The van der Waals surface area contributed by atoms with Crippen molar-refractivity contribution in [3.8, 4) is 0 Å². The average Bonchev–Trinajstić information content (AvgIpc) is 2.99. The smallest absolute Gasteiger partial charge is 0.329 e. The van der Waals surface area contributed by atoms with Crippen LogP contribution in [0.3, 0.4) is 0 Å². The predicted molar refractivity (Wildman–Crippen MR) is 88.8 cm³/mol. The van der Waals surface area contributed by atoms with Crippen molar-refractivity contribution in [1.82, 2.24) is 4.98 Å². The SMILES string of the molecule is COC(=O)C1Cc2ccccc2N1C(=O)c1ccnc(SC)c1. The van der Waals surface area contributed by atoms with Gasteiger partial charge >= 0.3 is 5.97 Å². The van der Waals surface area contributed by atoms with Crippen molar-refractivity contribution in [3.05, 3.63) is 53.7 Å². The van der Waals surface area contributed by atoms with Gasteiger partial charge in [0.1, 0.15) is 6.04 Å². The summed E-state index contributed by atoms with van der Waals surface area (Å²) in [4.78, 5) is 30.8. The van der Waals surface area contributed by atoms with Gasteiger partial charge in [-0.1, -0.05) is 18.2 Å². The molecule has 1 aromatic heterocycles.